The largest absolute Gasteiger partial charge is 0.507 e. The number of nitrogens with zero attached hydrogens (tertiary/aromatic N) is 2. The number of pyridine rings is 1. The molecule has 5 heteroatoms. The first-order chi connectivity index (χ1) is 14.3. The van der Waals surface area contributed by atoms with Crippen LogP contribution in [0.5, 0.6) is 5.75 Å². The zero-order valence-electron chi connectivity index (χ0n) is 16.2. The van der Waals surface area contributed by atoms with Gasteiger partial charge in [0.1, 0.15) is 17.6 Å². The van der Waals surface area contributed by atoms with Crippen molar-refractivity contribution in [3.05, 3.63) is 77.4 Å². The maximum absolute atomic E-state index is 10.4. The molecule has 4 rings (SSSR count). The first-order valence-electron chi connectivity index (χ1n) is 9.98. The van der Waals surface area contributed by atoms with E-state index in [0.29, 0.717) is 29.2 Å². The fourth-order valence-corrected chi connectivity index (χ4v) is 3.86. The van der Waals surface area contributed by atoms with Gasteiger partial charge in [-0.05, 0) is 54.6 Å². The van der Waals surface area contributed by atoms with Crippen LogP contribution in [0.2, 0.25) is 0 Å². The van der Waals surface area contributed by atoms with Gasteiger partial charge in [0.15, 0.2) is 0 Å². The smallest absolute Gasteiger partial charge is 0.145 e. The fraction of sp³-hybridized carbons (Fsp3) is 0.250. The monoisotopic (exact) mass is 384 g/mol. The number of anilines is 1. The fourth-order valence-electron chi connectivity index (χ4n) is 3.86. The number of aromatic nitrogens is 1. The number of piperidine rings is 1. The standard InChI is InChI=1S/C24H24N4O/c25-14-21-20(18-9-6-12-26-16-18)13-22(19-10-4-5-11-23(19)29)28-24(21)27-15-17-7-2-1-3-8-17/h1-5,7-8,10-11,13,18,26,29H,6,9,12,15-16H2,(H,27,28). The summed E-state index contributed by atoms with van der Waals surface area (Å²) in [6, 6.07) is 21.6. The minimum Gasteiger partial charge on any atom is -0.507 e. The van der Waals surface area contributed by atoms with E-state index in [-0.39, 0.29) is 11.7 Å². The number of aromatic hydroxyl groups is 1. The number of nitrogens with one attached hydrogen (secondary N) is 2. The van der Waals surface area contributed by atoms with Crippen LogP contribution in [-0.2, 0) is 6.54 Å². The molecule has 1 aliphatic rings. The predicted octanol–water partition coefficient (Wildman–Crippen LogP) is 4.40. The summed E-state index contributed by atoms with van der Waals surface area (Å²) in [7, 11) is 0. The Morgan fingerprint density at radius 3 is 2.66 bits per heavy atom. The van der Waals surface area contributed by atoms with Gasteiger partial charge in [0, 0.05) is 18.7 Å². The third-order valence-electron chi connectivity index (χ3n) is 5.38. The minimum absolute atomic E-state index is 0.187. The van der Waals surface area contributed by atoms with E-state index < -0.39 is 0 Å². The molecule has 29 heavy (non-hydrogen) atoms. The Bertz CT molecular complexity index is 1020. The molecule has 1 atom stereocenters. The SMILES string of the molecule is N#Cc1c(C2CCCNC2)cc(-c2ccccc2O)nc1NCc1ccccc1. The lowest BCUT2D eigenvalue weighted by molar-refractivity contribution is 0.461. The number of hydrogen-bond donors (Lipinski definition) is 3. The summed E-state index contributed by atoms with van der Waals surface area (Å²) >= 11 is 0. The molecule has 0 amide bonds. The van der Waals surface area contributed by atoms with Crippen LogP contribution in [-0.4, -0.2) is 23.2 Å². The molecule has 3 N–H and O–H groups in total. The summed E-state index contributed by atoms with van der Waals surface area (Å²) in [5, 5.41) is 27.1. The average Bonchev–Trinajstić information content (AvgIpc) is 2.78. The molecule has 2 heterocycles. The lowest BCUT2D eigenvalue weighted by Crippen LogP contribution is -2.29. The van der Waals surface area contributed by atoms with Crippen LogP contribution in [0.4, 0.5) is 5.82 Å². The van der Waals surface area contributed by atoms with Crippen molar-refractivity contribution < 1.29 is 5.11 Å². The number of rotatable bonds is 5. The molecule has 0 spiro atoms. The highest BCUT2D eigenvalue weighted by molar-refractivity contribution is 5.72. The molecule has 3 aromatic rings. The van der Waals surface area contributed by atoms with E-state index in [9.17, 15) is 10.4 Å². The van der Waals surface area contributed by atoms with Gasteiger partial charge in [0.25, 0.3) is 0 Å². The Kier molecular flexibility index (Phi) is 5.73. The Morgan fingerprint density at radius 1 is 1.14 bits per heavy atom. The van der Waals surface area contributed by atoms with Crippen molar-refractivity contribution in [3.8, 4) is 23.1 Å². The van der Waals surface area contributed by atoms with Gasteiger partial charge in [-0.15, -0.1) is 0 Å². The first kappa shape index (κ1) is 19.0. The van der Waals surface area contributed by atoms with Crippen LogP contribution in [0.25, 0.3) is 11.3 Å². The van der Waals surface area contributed by atoms with Gasteiger partial charge in [-0.3, -0.25) is 0 Å². The third kappa shape index (κ3) is 4.23. The molecular formula is C24H24N4O. The quantitative estimate of drug-likeness (QED) is 0.607. The van der Waals surface area contributed by atoms with Gasteiger partial charge >= 0.3 is 0 Å². The summed E-state index contributed by atoms with van der Waals surface area (Å²) in [4.78, 5) is 4.73. The topological polar surface area (TPSA) is 81.0 Å². The number of nitriles is 1. The van der Waals surface area contributed by atoms with E-state index in [1.54, 1.807) is 12.1 Å². The molecule has 1 aliphatic heterocycles. The summed E-state index contributed by atoms with van der Waals surface area (Å²) in [5.74, 6) is 1.01. The van der Waals surface area contributed by atoms with Crippen molar-refractivity contribution in [2.75, 3.05) is 18.4 Å². The molecule has 1 unspecified atom stereocenters. The van der Waals surface area contributed by atoms with Crippen LogP contribution in [0.1, 0.15) is 35.4 Å². The Labute approximate surface area is 171 Å². The summed E-state index contributed by atoms with van der Waals surface area (Å²) in [5.41, 5.74) is 4.05. The second-order valence-corrected chi connectivity index (χ2v) is 7.33. The van der Waals surface area contributed by atoms with Crippen LogP contribution < -0.4 is 10.6 Å². The van der Waals surface area contributed by atoms with Gasteiger partial charge < -0.3 is 15.7 Å². The number of phenolic OH excluding ortho intramolecular Hbond substituents is 1. The van der Waals surface area contributed by atoms with Gasteiger partial charge in [-0.1, -0.05) is 42.5 Å². The normalized spacial score (nSPS) is 16.2. The molecular weight excluding hydrogens is 360 g/mol. The van der Waals surface area contributed by atoms with Crippen molar-refractivity contribution in [3.63, 3.8) is 0 Å². The Hall–Kier alpha value is -3.36. The van der Waals surface area contributed by atoms with E-state index in [0.717, 1.165) is 37.1 Å². The lowest BCUT2D eigenvalue weighted by Gasteiger charge is -2.25. The van der Waals surface area contributed by atoms with E-state index in [4.69, 9.17) is 4.98 Å². The molecule has 1 fully saturated rings. The average molecular weight is 384 g/mol. The van der Waals surface area contributed by atoms with E-state index in [1.165, 1.54) is 0 Å². The highest BCUT2D eigenvalue weighted by Gasteiger charge is 2.23. The number of phenols is 1. The van der Waals surface area contributed by atoms with Gasteiger partial charge in [-0.2, -0.15) is 5.26 Å². The molecule has 1 saturated heterocycles. The summed E-state index contributed by atoms with van der Waals surface area (Å²) in [6.07, 6.45) is 2.11. The molecule has 0 aliphatic carbocycles. The van der Waals surface area contributed by atoms with Crippen molar-refractivity contribution in [2.45, 2.75) is 25.3 Å². The zero-order chi connectivity index (χ0) is 20.1. The highest BCUT2D eigenvalue weighted by Crippen LogP contribution is 2.35. The number of hydrogen-bond acceptors (Lipinski definition) is 5. The van der Waals surface area contributed by atoms with Crippen molar-refractivity contribution in [1.29, 1.82) is 5.26 Å². The van der Waals surface area contributed by atoms with Crippen LogP contribution in [0.15, 0.2) is 60.7 Å². The molecule has 0 saturated carbocycles. The highest BCUT2D eigenvalue weighted by atomic mass is 16.3. The summed E-state index contributed by atoms with van der Waals surface area (Å²) < 4.78 is 0. The van der Waals surface area contributed by atoms with Crippen molar-refractivity contribution in [1.82, 2.24) is 10.3 Å². The summed E-state index contributed by atoms with van der Waals surface area (Å²) in [6.45, 7) is 2.43. The van der Waals surface area contributed by atoms with Crippen LogP contribution >= 0.6 is 0 Å². The maximum Gasteiger partial charge on any atom is 0.145 e. The van der Waals surface area contributed by atoms with Gasteiger partial charge in [-0.25, -0.2) is 4.98 Å². The van der Waals surface area contributed by atoms with Crippen LogP contribution in [0.3, 0.4) is 0 Å². The minimum atomic E-state index is 0.187. The molecule has 146 valence electrons. The number of benzene rings is 2. The molecule has 0 bridgehead atoms. The van der Waals surface area contributed by atoms with E-state index >= 15 is 0 Å². The molecule has 0 radical (unpaired) electrons. The molecule has 1 aromatic heterocycles. The Balaban J connectivity index is 1.78. The van der Waals surface area contributed by atoms with Crippen molar-refractivity contribution >= 4 is 5.82 Å². The lowest BCUT2D eigenvalue weighted by atomic mass is 9.88. The van der Waals surface area contributed by atoms with E-state index in [2.05, 4.69) is 16.7 Å². The van der Waals surface area contributed by atoms with Gasteiger partial charge in [0.2, 0.25) is 0 Å². The zero-order valence-corrected chi connectivity index (χ0v) is 16.2. The third-order valence-corrected chi connectivity index (χ3v) is 5.38. The second kappa shape index (κ2) is 8.76. The van der Waals surface area contributed by atoms with Crippen molar-refractivity contribution in [2.24, 2.45) is 0 Å². The van der Waals surface area contributed by atoms with E-state index in [1.807, 2.05) is 48.5 Å². The van der Waals surface area contributed by atoms with Crippen LogP contribution in [0, 0.1) is 11.3 Å². The molecule has 2 aromatic carbocycles. The van der Waals surface area contributed by atoms with Gasteiger partial charge in [0.05, 0.1) is 11.3 Å². The first-order valence-corrected chi connectivity index (χ1v) is 9.98. The molecule has 5 nitrogen and oxygen atoms in total. The number of para-hydroxylation sites is 1. The Morgan fingerprint density at radius 2 is 1.93 bits per heavy atom. The second-order valence-electron chi connectivity index (χ2n) is 7.33. The maximum atomic E-state index is 10.4. The predicted molar refractivity (Wildman–Crippen MR) is 115 cm³/mol.